The van der Waals surface area contributed by atoms with Gasteiger partial charge in [0.05, 0.1) is 29.3 Å². The van der Waals surface area contributed by atoms with E-state index >= 15 is 0 Å². The Morgan fingerprint density at radius 2 is 2.06 bits per heavy atom. The fourth-order valence-electron chi connectivity index (χ4n) is 5.43. The van der Waals surface area contributed by atoms with Crippen LogP contribution in [0.25, 0.3) is 0 Å². The first kappa shape index (κ1) is 26.8. The second-order valence-electron chi connectivity index (χ2n) is 9.00. The van der Waals surface area contributed by atoms with Gasteiger partial charge in [0.25, 0.3) is 0 Å². The Balaban J connectivity index is 0.00000171. The Bertz CT molecular complexity index is 694. The van der Waals surface area contributed by atoms with Gasteiger partial charge in [-0.1, -0.05) is 0 Å². The molecule has 1 aromatic rings. The van der Waals surface area contributed by atoms with Crippen LogP contribution in [0, 0.1) is 25.2 Å². The first-order valence-electron chi connectivity index (χ1n) is 11.3. The lowest BCUT2D eigenvalue weighted by atomic mass is 9.61. The number of carbonyl (C=O) groups excluding carboxylic acids is 1. The number of hydrogen-bond acceptors (Lipinski definition) is 6. The molecule has 3 fully saturated rings. The molecule has 3 heterocycles. The zero-order chi connectivity index (χ0) is 20.3. The molecular weight excluding hydrogens is 455 g/mol. The van der Waals surface area contributed by atoms with E-state index in [1.807, 2.05) is 0 Å². The Morgan fingerprint density at radius 3 is 2.77 bits per heavy atom. The average Bonchev–Trinajstić information content (AvgIpc) is 3.08. The topological polar surface area (TPSA) is 66.5 Å². The number of aromatic nitrogens is 1. The summed E-state index contributed by atoms with van der Waals surface area (Å²) in [6, 6.07) is 0.624. The van der Waals surface area contributed by atoms with Crippen molar-refractivity contribution >= 4 is 42.1 Å². The van der Waals surface area contributed by atoms with Crippen LogP contribution in [0.4, 0.5) is 0 Å². The molecule has 1 saturated carbocycles. The van der Waals surface area contributed by atoms with Gasteiger partial charge in [0, 0.05) is 43.5 Å². The number of piperidine rings is 1. The highest BCUT2D eigenvalue weighted by molar-refractivity contribution is 7.11. The van der Waals surface area contributed by atoms with E-state index in [-0.39, 0.29) is 36.1 Å². The van der Waals surface area contributed by atoms with Crippen LogP contribution in [0.2, 0.25) is 0 Å². The fourth-order valence-corrected chi connectivity index (χ4v) is 6.41. The minimum atomic E-state index is -0.213. The monoisotopic (exact) mass is 492 g/mol. The molecular formula is C22H38Cl2N4O2S. The summed E-state index contributed by atoms with van der Waals surface area (Å²) >= 11 is 1.78. The van der Waals surface area contributed by atoms with E-state index in [2.05, 4.69) is 34.4 Å². The van der Waals surface area contributed by atoms with Gasteiger partial charge in [-0.3, -0.25) is 9.69 Å². The Morgan fingerprint density at radius 1 is 1.29 bits per heavy atom. The van der Waals surface area contributed by atoms with Gasteiger partial charge in [-0.15, -0.1) is 36.2 Å². The van der Waals surface area contributed by atoms with Crippen LogP contribution in [-0.2, 0) is 16.0 Å². The van der Waals surface area contributed by atoms with Crippen LogP contribution in [0.5, 0.6) is 0 Å². The largest absolute Gasteiger partial charge is 0.379 e. The van der Waals surface area contributed by atoms with Crippen LogP contribution < -0.4 is 10.6 Å². The normalized spacial score (nSPS) is 28.7. The van der Waals surface area contributed by atoms with E-state index in [0.29, 0.717) is 12.0 Å². The van der Waals surface area contributed by atoms with Crippen molar-refractivity contribution in [2.45, 2.75) is 58.4 Å². The summed E-state index contributed by atoms with van der Waals surface area (Å²) in [6.45, 7) is 10.6. The number of rotatable bonds is 6. The highest BCUT2D eigenvalue weighted by Gasteiger charge is 2.50. The molecule has 0 spiro atoms. The van der Waals surface area contributed by atoms with Gasteiger partial charge in [0.2, 0.25) is 5.91 Å². The Hall–Kier alpha value is -0.440. The maximum atomic E-state index is 13.3. The van der Waals surface area contributed by atoms with Gasteiger partial charge >= 0.3 is 0 Å². The second kappa shape index (κ2) is 12.1. The molecule has 6 nitrogen and oxygen atoms in total. The standard InChI is InChI=1S/C22H36N4O2S.2ClH/c1-16-17(2)29-20(25-16)4-3-8-24-21(27)22-7-5-19(26-10-12-28-13-11-26)14-18(22)6-9-23-15-22;;/h18-19,23H,3-15H2,1-2H3,(H,24,27);2*1H/t18-,19+,22-;;/m1../s1. The van der Waals surface area contributed by atoms with Crippen molar-refractivity contribution in [3.63, 3.8) is 0 Å². The first-order chi connectivity index (χ1) is 14.1. The summed E-state index contributed by atoms with van der Waals surface area (Å²) < 4.78 is 5.53. The van der Waals surface area contributed by atoms with E-state index in [1.165, 1.54) is 9.88 Å². The number of nitrogens with one attached hydrogen (secondary N) is 2. The van der Waals surface area contributed by atoms with Crippen LogP contribution in [0.1, 0.15) is 47.7 Å². The highest BCUT2D eigenvalue weighted by Crippen LogP contribution is 2.46. The van der Waals surface area contributed by atoms with Crippen LogP contribution in [0.3, 0.4) is 0 Å². The maximum absolute atomic E-state index is 13.3. The summed E-state index contributed by atoms with van der Waals surface area (Å²) in [5.74, 6) is 0.774. The third kappa shape index (κ3) is 6.12. The second-order valence-corrected chi connectivity index (χ2v) is 10.3. The molecule has 3 aliphatic rings. The van der Waals surface area contributed by atoms with E-state index in [9.17, 15) is 4.79 Å². The molecule has 2 saturated heterocycles. The average molecular weight is 494 g/mol. The molecule has 1 aliphatic carbocycles. The van der Waals surface area contributed by atoms with Crippen molar-refractivity contribution in [3.8, 4) is 0 Å². The van der Waals surface area contributed by atoms with Crippen molar-refractivity contribution in [2.75, 3.05) is 45.9 Å². The molecule has 3 atom stereocenters. The number of carbonyl (C=O) groups is 1. The molecule has 0 aromatic carbocycles. The fraction of sp³-hybridized carbons (Fsp3) is 0.818. The number of amides is 1. The molecule has 9 heteroatoms. The van der Waals surface area contributed by atoms with Crippen molar-refractivity contribution in [2.24, 2.45) is 11.3 Å². The third-order valence-electron chi connectivity index (χ3n) is 7.31. The zero-order valence-corrected chi connectivity index (χ0v) is 21.2. The van der Waals surface area contributed by atoms with Crippen molar-refractivity contribution in [1.29, 1.82) is 0 Å². The molecule has 2 aliphatic heterocycles. The number of hydrogen-bond donors (Lipinski definition) is 2. The number of nitrogens with zero attached hydrogens (tertiary/aromatic N) is 2. The molecule has 0 bridgehead atoms. The molecule has 178 valence electrons. The summed E-state index contributed by atoms with van der Waals surface area (Å²) in [6.07, 6.45) is 6.32. The molecule has 0 unspecified atom stereocenters. The van der Waals surface area contributed by atoms with Crippen molar-refractivity contribution in [3.05, 3.63) is 15.6 Å². The predicted molar refractivity (Wildman–Crippen MR) is 131 cm³/mol. The summed E-state index contributed by atoms with van der Waals surface area (Å²) in [4.78, 5) is 21.8. The van der Waals surface area contributed by atoms with Gasteiger partial charge in [-0.2, -0.15) is 0 Å². The smallest absolute Gasteiger partial charge is 0.227 e. The van der Waals surface area contributed by atoms with Crippen LogP contribution in [-0.4, -0.2) is 67.8 Å². The summed E-state index contributed by atoms with van der Waals surface area (Å²) in [5, 5.41) is 8.01. The zero-order valence-electron chi connectivity index (χ0n) is 18.8. The van der Waals surface area contributed by atoms with E-state index in [4.69, 9.17) is 4.74 Å². The van der Waals surface area contributed by atoms with Gasteiger partial charge in [-0.05, 0) is 58.4 Å². The van der Waals surface area contributed by atoms with Gasteiger partial charge < -0.3 is 15.4 Å². The lowest BCUT2D eigenvalue weighted by molar-refractivity contribution is -0.140. The van der Waals surface area contributed by atoms with E-state index < -0.39 is 0 Å². The number of aryl methyl sites for hydroxylation is 3. The van der Waals surface area contributed by atoms with Crippen molar-refractivity contribution in [1.82, 2.24) is 20.5 Å². The summed E-state index contributed by atoms with van der Waals surface area (Å²) in [7, 11) is 0. The van der Waals surface area contributed by atoms with Crippen LogP contribution in [0.15, 0.2) is 0 Å². The molecule has 31 heavy (non-hydrogen) atoms. The van der Waals surface area contributed by atoms with Gasteiger partial charge in [0.1, 0.15) is 0 Å². The SMILES string of the molecule is Cc1nc(CCCNC(=O)[C@@]23CC[C@H](N4CCOCC4)C[C@H]2CCNC3)sc1C.Cl.Cl. The lowest BCUT2D eigenvalue weighted by Crippen LogP contribution is -2.60. The molecule has 1 aromatic heterocycles. The lowest BCUT2D eigenvalue weighted by Gasteiger charge is -2.50. The summed E-state index contributed by atoms with van der Waals surface area (Å²) in [5.41, 5.74) is 0.927. The first-order valence-corrected chi connectivity index (χ1v) is 12.1. The van der Waals surface area contributed by atoms with E-state index in [0.717, 1.165) is 90.2 Å². The highest BCUT2D eigenvalue weighted by atomic mass is 35.5. The number of thiazole rings is 1. The minimum absolute atomic E-state index is 0. The number of halogens is 2. The maximum Gasteiger partial charge on any atom is 0.227 e. The minimum Gasteiger partial charge on any atom is -0.379 e. The predicted octanol–water partition coefficient (Wildman–Crippen LogP) is 3.13. The molecule has 2 N–H and O–H groups in total. The molecule has 1 amide bonds. The molecule has 4 rings (SSSR count). The van der Waals surface area contributed by atoms with Gasteiger partial charge in [0.15, 0.2) is 0 Å². The van der Waals surface area contributed by atoms with Gasteiger partial charge in [-0.25, -0.2) is 4.98 Å². The number of ether oxygens (including phenoxy) is 1. The van der Waals surface area contributed by atoms with E-state index in [1.54, 1.807) is 11.3 Å². The Kier molecular flexibility index (Phi) is 10.5. The number of fused-ring (bicyclic) bond motifs is 1. The molecule has 0 radical (unpaired) electrons. The quantitative estimate of drug-likeness (QED) is 0.597. The van der Waals surface area contributed by atoms with Crippen LogP contribution >= 0.6 is 36.2 Å². The van der Waals surface area contributed by atoms with Crippen molar-refractivity contribution < 1.29 is 9.53 Å². The Labute approximate surface area is 203 Å². The number of morpholine rings is 1. The third-order valence-corrected chi connectivity index (χ3v) is 8.44.